The fraction of sp³-hybridized carbons (Fsp3) is 0.750. The third-order valence-corrected chi connectivity index (χ3v) is 3.24. The molecule has 2 N–H and O–H groups in total. The van der Waals surface area contributed by atoms with Crippen molar-refractivity contribution in [2.24, 2.45) is 0 Å². The number of hydrogen-bond donors (Lipinski definition) is 1. The number of aromatic nitrogens is 3. The van der Waals surface area contributed by atoms with Crippen LogP contribution in [0.25, 0.3) is 0 Å². The fourth-order valence-corrected chi connectivity index (χ4v) is 1.65. The maximum absolute atomic E-state index is 5.77. The van der Waals surface area contributed by atoms with Crippen LogP contribution in [-0.2, 0) is 0 Å². The lowest BCUT2D eigenvalue weighted by Crippen LogP contribution is -2.32. The summed E-state index contributed by atoms with van der Waals surface area (Å²) in [7, 11) is 1.98. The molecular formula is C12H24N6. The minimum absolute atomic E-state index is 0.275. The first-order valence-electron chi connectivity index (χ1n) is 6.52. The van der Waals surface area contributed by atoms with Gasteiger partial charge in [-0.3, -0.25) is 0 Å². The highest BCUT2D eigenvalue weighted by Gasteiger charge is 2.15. The summed E-state index contributed by atoms with van der Waals surface area (Å²) in [5, 5.41) is 0. The van der Waals surface area contributed by atoms with E-state index in [0.717, 1.165) is 19.5 Å². The molecule has 102 valence electrons. The fourth-order valence-electron chi connectivity index (χ4n) is 1.65. The Balaban J connectivity index is 3.07. The average Bonchev–Trinajstić information content (AvgIpc) is 2.37. The van der Waals surface area contributed by atoms with Gasteiger partial charge >= 0.3 is 0 Å². The van der Waals surface area contributed by atoms with Gasteiger partial charge in [0.25, 0.3) is 0 Å². The van der Waals surface area contributed by atoms with Crippen molar-refractivity contribution in [1.29, 1.82) is 0 Å². The maximum atomic E-state index is 5.77. The molecule has 6 heteroatoms. The lowest BCUT2D eigenvalue weighted by Gasteiger charge is -2.25. The van der Waals surface area contributed by atoms with Crippen LogP contribution in [0.1, 0.15) is 34.1 Å². The Kier molecular flexibility index (Phi) is 5.12. The average molecular weight is 252 g/mol. The van der Waals surface area contributed by atoms with E-state index in [-0.39, 0.29) is 5.95 Å². The van der Waals surface area contributed by atoms with Crippen LogP contribution in [0, 0.1) is 0 Å². The number of hydrogen-bond acceptors (Lipinski definition) is 6. The topological polar surface area (TPSA) is 71.2 Å². The molecule has 0 saturated carbocycles. The Labute approximate surface area is 109 Å². The second-order valence-corrected chi connectivity index (χ2v) is 4.33. The van der Waals surface area contributed by atoms with Gasteiger partial charge < -0.3 is 15.5 Å². The quantitative estimate of drug-likeness (QED) is 0.828. The number of nitrogen functional groups attached to an aromatic ring is 1. The summed E-state index contributed by atoms with van der Waals surface area (Å²) < 4.78 is 0. The maximum Gasteiger partial charge on any atom is 0.231 e. The van der Waals surface area contributed by atoms with Crippen molar-refractivity contribution in [3.63, 3.8) is 0 Å². The van der Waals surface area contributed by atoms with Crippen molar-refractivity contribution in [1.82, 2.24) is 15.0 Å². The van der Waals surface area contributed by atoms with Crippen LogP contribution in [0.2, 0.25) is 0 Å². The zero-order chi connectivity index (χ0) is 13.7. The van der Waals surface area contributed by atoms with E-state index in [1.54, 1.807) is 0 Å². The number of nitrogens with zero attached hydrogens (tertiary/aromatic N) is 5. The molecule has 0 spiro atoms. The predicted octanol–water partition coefficient (Wildman–Crippen LogP) is 1.53. The molecule has 1 heterocycles. The first-order chi connectivity index (χ1) is 8.53. The Hall–Kier alpha value is -1.59. The zero-order valence-corrected chi connectivity index (χ0v) is 12.0. The number of nitrogens with two attached hydrogens (primary N) is 1. The molecule has 0 radical (unpaired) electrons. The van der Waals surface area contributed by atoms with Crippen LogP contribution in [0.5, 0.6) is 0 Å². The van der Waals surface area contributed by atoms with Gasteiger partial charge in [-0.15, -0.1) is 0 Å². The van der Waals surface area contributed by atoms with Gasteiger partial charge in [-0.2, -0.15) is 15.0 Å². The van der Waals surface area contributed by atoms with E-state index in [9.17, 15) is 0 Å². The summed E-state index contributed by atoms with van der Waals surface area (Å²) in [4.78, 5) is 17.0. The molecule has 6 nitrogen and oxygen atoms in total. The first kappa shape index (κ1) is 14.5. The molecule has 1 rings (SSSR count). The van der Waals surface area contributed by atoms with Gasteiger partial charge in [0.15, 0.2) is 0 Å². The molecule has 0 aliphatic heterocycles. The smallest absolute Gasteiger partial charge is 0.231 e. The standard InChI is InChI=1S/C12H24N6/c1-6-9(4)17(5)11-14-10(13)15-12(16-11)18(7-2)8-3/h9H,6-8H2,1-5H3,(H2,13,14,15,16). The van der Waals surface area contributed by atoms with Crippen LogP contribution >= 0.6 is 0 Å². The van der Waals surface area contributed by atoms with Crippen molar-refractivity contribution >= 4 is 17.8 Å². The van der Waals surface area contributed by atoms with Gasteiger partial charge in [-0.1, -0.05) is 6.92 Å². The second-order valence-electron chi connectivity index (χ2n) is 4.33. The third kappa shape index (κ3) is 3.21. The van der Waals surface area contributed by atoms with Crippen molar-refractivity contribution in [2.75, 3.05) is 35.7 Å². The van der Waals surface area contributed by atoms with Gasteiger partial charge in [0.2, 0.25) is 17.8 Å². The molecular weight excluding hydrogens is 228 g/mol. The van der Waals surface area contributed by atoms with Crippen LogP contribution in [-0.4, -0.2) is 41.1 Å². The van der Waals surface area contributed by atoms with E-state index in [1.807, 2.05) is 11.9 Å². The summed E-state index contributed by atoms with van der Waals surface area (Å²) in [5.41, 5.74) is 5.77. The monoisotopic (exact) mass is 252 g/mol. The van der Waals surface area contributed by atoms with Gasteiger partial charge in [0.05, 0.1) is 0 Å². The Morgan fingerprint density at radius 2 is 1.61 bits per heavy atom. The predicted molar refractivity (Wildman–Crippen MR) is 76.0 cm³/mol. The molecule has 0 amide bonds. The highest BCUT2D eigenvalue weighted by molar-refractivity contribution is 5.43. The second kappa shape index (κ2) is 6.37. The zero-order valence-electron chi connectivity index (χ0n) is 12.0. The number of rotatable bonds is 6. The molecule has 1 aromatic rings. The molecule has 0 fully saturated rings. The Morgan fingerprint density at radius 3 is 2.11 bits per heavy atom. The van der Waals surface area contributed by atoms with E-state index in [0.29, 0.717) is 17.9 Å². The van der Waals surface area contributed by atoms with Gasteiger partial charge in [-0.25, -0.2) is 0 Å². The molecule has 0 aliphatic carbocycles. The summed E-state index contributed by atoms with van der Waals surface area (Å²) >= 11 is 0. The number of anilines is 3. The molecule has 1 unspecified atom stereocenters. The highest BCUT2D eigenvalue weighted by Crippen LogP contribution is 2.16. The highest BCUT2D eigenvalue weighted by atomic mass is 15.3. The van der Waals surface area contributed by atoms with Crippen molar-refractivity contribution in [3.8, 4) is 0 Å². The Bertz CT molecular complexity index is 377. The molecule has 0 saturated heterocycles. The minimum Gasteiger partial charge on any atom is -0.368 e. The minimum atomic E-state index is 0.275. The van der Waals surface area contributed by atoms with E-state index in [4.69, 9.17) is 5.73 Å². The summed E-state index contributed by atoms with van der Waals surface area (Å²) in [6, 6.07) is 0.372. The molecule has 1 aromatic heterocycles. The van der Waals surface area contributed by atoms with Crippen molar-refractivity contribution in [2.45, 2.75) is 40.2 Å². The molecule has 0 aromatic carbocycles. The van der Waals surface area contributed by atoms with Crippen LogP contribution < -0.4 is 15.5 Å². The van der Waals surface area contributed by atoms with Gasteiger partial charge in [0, 0.05) is 26.2 Å². The largest absolute Gasteiger partial charge is 0.368 e. The van der Waals surface area contributed by atoms with E-state index in [2.05, 4.69) is 47.5 Å². The summed E-state index contributed by atoms with van der Waals surface area (Å²) in [6.45, 7) is 10.1. The van der Waals surface area contributed by atoms with E-state index in [1.165, 1.54) is 0 Å². The normalized spacial score (nSPS) is 12.3. The molecule has 0 aliphatic rings. The lowest BCUT2D eigenvalue weighted by atomic mass is 10.2. The SMILES string of the molecule is CCC(C)N(C)c1nc(N)nc(N(CC)CC)n1. The van der Waals surface area contributed by atoms with Crippen LogP contribution in [0.4, 0.5) is 17.8 Å². The van der Waals surface area contributed by atoms with Crippen LogP contribution in [0.15, 0.2) is 0 Å². The Morgan fingerprint density at radius 1 is 1.06 bits per heavy atom. The van der Waals surface area contributed by atoms with E-state index >= 15 is 0 Å². The van der Waals surface area contributed by atoms with Crippen molar-refractivity contribution < 1.29 is 0 Å². The lowest BCUT2D eigenvalue weighted by molar-refractivity contribution is 0.645. The first-order valence-corrected chi connectivity index (χ1v) is 6.52. The molecule has 18 heavy (non-hydrogen) atoms. The third-order valence-electron chi connectivity index (χ3n) is 3.24. The summed E-state index contributed by atoms with van der Waals surface area (Å²) in [5.74, 6) is 1.56. The van der Waals surface area contributed by atoms with E-state index < -0.39 is 0 Å². The van der Waals surface area contributed by atoms with Gasteiger partial charge in [0.1, 0.15) is 0 Å². The van der Waals surface area contributed by atoms with Crippen molar-refractivity contribution in [3.05, 3.63) is 0 Å². The summed E-state index contributed by atoms with van der Waals surface area (Å²) in [6.07, 6.45) is 1.03. The molecule has 1 atom stereocenters. The molecule has 0 bridgehead atoms. The van der Waals surface area contributed by atoms with Crippen LogP contribution in [0.3, 0.4) is 0 Å². The van der Waals surface area contributed by atoms with Gasteiger partial charge in [-0.05, 0) is 27.2 Å².